The van der Waals surface area contributed by atoms with E-state index in [-0.39, 0.29) is 0 Å². The average molecular weight is 191 g/mol. The van der Waals surface area contributed by atoms with Crippen LogP contribution in [0.15, 0.2) is 12.2 Å². The minimum Gasteiger partial charge on any atom is -0.101 e. The zero-order valence-electron chi connectivity index (χ0n) is 6.39. The van der Waals surface area contributed by atoms with Gasteiger partial charge in [-0.15, -0.1) is 23.2 Å². The van der Waals surface area contributed by atoms with Crippen LogP contribution in [-0.2, 0) is 0 Å². The molecule has 0 heterocycles. The van der Waals surface area contributed by atoms with Crippen molar-refractivity contribution in [2.45, 2.75) is 30.0 Å². The zero-order chi connectivity index (χ0) is 7.90. The molecule has 0 aromatic heterocycles. The highest BCUT2D eigenvalue weighted by Crippen LogP contribution is 2.62. The van der Waals surface area contributed by atoms with Gasteiger partial charge in [0, 0.05) is 11.8 Å². The third-order valence-electron chi connectivity index (χ3n) is 2.74. The number of hydrogen-bond acceptors (Lipinski definition) is 0. The van der Waals surface area contributed by atoms with Gasteiger partial charge in [-0.2, -0.15) is 0 Å². The van der Waals surface area contributed by atoms with Gasteiger partial charge < -0.3 is 0 Å². The molecule has 0 aliphatic heterocycles. The molecule has 0 spiro atoms. The van der Waals surface area contributed by atoms with Crippen LogP contribution in [-0.4, -0.2) is 4.33 Å². The van der Waals surface area contributed by atoms with E-state index in [2.05, 4.69) is 12.2 Å². The standard InChI is InChI=1S/C9H12Cl2/c10-9(11)7-5-3-1-2-4-6-8(7)9/h3,5,7-8H,1-2,4,6H2/b5-3+/t7-,8+/m0/s1. The van der Waals surface area contributed by atoms with E-state index in [1.54, 1.807) is 0 Å². The summed E-state index contributed by atoms with van der Waals surface area (Å²) in [7, 11) is 0. The summed E-state index contributed by atoms with van der Waals surface area (Å²) in [5.74, 6) is 0.994. The summed E-state index contributed by atoms with van der Waals surface area (Å²) in [6, 6.07) is 0. The molecule has 1 saturated carbocycles. The van der Waals surface area contributed by atoms with E-state index >= 15 is 0 Å². The Balaban J connectivity index is 2.07. The number of fused-ring (bicyclic) bond motifs is 1. The number of allylic oxidation sites excluding steroid dienone is 2. The summed E-state index contributed by atoms with van der Waals surface area (Å²) in [6.45, 7) is 0. The minimum atomic E-state index is -0.416. The normalized spacial score (nSPS) is 43.5. The van der Waals surface area contributed by atoms with Crippen molar-refractivity contribution < 1.29 is 0 Å². The SMILES string of the molecule is ClC1(Cl)[C@@H]2CCCC/C=C/[C@@H]21. The summed E-state index contributed by atoms with van der Waals surface area (Å²) in [5, 5.41) is 0. The lowest BCUT2D eigenvalue weighted by Crippen LogP contribution is -1.89. The summed E-state index contributed by atoms with van der Waals surface area (Å²) in [5.41, 5.74) is 0. The fourth-order valence-corrected chi connectivity index (χ4v) is 2.73. The minimum absolute atomic E-state index is 0.416. The van der Waals surface area contributed by atoms with Crippen LogP contribution in [0.5, 0.6) is 0 Å². The van der Waals surface area contributed by atoms with Gasteiger partial charge in [-0.25, -0.2) is 0 Å². The van der Waals surface area contributed by atoms with Crippen molar-refractivity contribution in [2.75, 3.05) is 0 Å². The zero-order valence-corrected chi connectivity index (χ0v) is 7.91. The van der Waals surface area contributed by atoms with Gasteiger partial charge in [0.25, 0.3) is 0 Å². The van der Waals surface area contributed by atoms with Gasteiger partial charge in [0.05, 0.1) is 0 Å². The molecule has 2 aliphatic rings. The quantitative estimate of drug-likeness (QED) is 0.405. The Hall–Kier alpha value is 0.320. The molecule has 2 rings (SSSR count). The van der Waals surface area contributed by atoms with Gasteiger partial charge in [0.15, 0.2) is 0 Å². The van der Waals surface area contributed by atoms with Gasteiger partial charge in [0.2, 0.25) is 0 Å². The molecule has 2 atom stereocenters. The third kappa shape index (κ3) is 1.31. The Bertz CT molecular complexity index is 184. The molecule has 2 heteroatoms. The van der Waals surface area contributed by atoms with Gasteiger partial charge in [0.1, 0.15) is 4.33 Å². The fourth-order valence-electron chi connectivity index (χ4n) is 1.92. The van der Waals surface area contributed by atoms with Gasteiger partial charge >= 0.3 is 0 Å². The molecule has 0 N–H and O–H groups in total. The van der Waals surface area contributed by atoms with Crippen molar-refractivity contribution in [1.29, 1.82) is 0 Å². The van der Waals surface area contributed by atoms with E-state index in [0.717, 1.165) is 0 Å². The van der Waals surface area contributed by atoms with E-state index in [9.17, 15) is 0 Å². The number of rotatable bonds is 0. The second-order valence-corrected chi connectivity index (χ2v) is 4.96. The fraction of sp³-hybridized carbons (Fsp3) is 0.778. The highest BCUT2D eigenvalue weighted by molar-refractivity contribution is 6.51. The Kier molecular flexibility index (Phi) is 1.93. The number of alkyl halides is 2. The Morgan fingerprint density at radius 2 is 2.09 bits per heavy atom. The van der Waals surface area contributed by atoms with Crippen LogP contribution in [0.25, 0.3) is 0 Å². The summed E-state index contributed by atoms with van der Waals surface area (Å²) in [6.07, 6.45) is 9.42. The van der Waals surface area contributed by atoms with Crippen molar-refractivity contribution in [3.63, 3.8) is 0 Å². The van der Waals surface area contributed by atoms with Gasteiger partial charge in [-0.1, -0.05) is 18.6 Å². The molecular formula is C9H12Cl2. The monoisotopic (exact) mass is 190 g/mol. The third-order valence-corrected chi connectivity index (χ3v) is 3.81. The predicted molar refractivity (Wildman–Crippen MR) is 49.0 cm³/mol. The van der Waals surface area contributed by atoms with Gasteiger partial charge in [-0.05, 0) is 19.3 Å². The lowest BCUT2D eigenvalue weighted by atomic mass is 10.1. The molecular weight excluding hydrogens is 179 g/mol. The Morgan fingerprint density at radius 1 is 1.27 bits per heavy atom. The lowest BCUT2D eigenvalue weighted by Gasteiger charge is -1.99. The van der Waals surface area contributed by atoms with Crippen molar-refractivity contribution in [3.8, 4) is 0 Å². The lowest BCUT2D eigenvalue weighted by molar-refractivity contribution is 0.603. The first-order valence-corrected chi connectivity index (χ1v) is 5.03. The highest BCUT2D eigenvalue weighted by atomic mass is 35.5. The molecule has 0 nitrogen and oxygen atoms in total. The topological polar surface area (TPSA) is 0 Å². The van der Waals surface area contributed by atoms with Crippen LogP contribution >= 0.6 is 23.2 Å². The maximum atomic E-state index is 6.07. The highest BCUT2D eigenvalue weighted by Gasteiger charge is 2.60. The summed E-state index contributed by atoms with van der Waals surface area (Å²) in [4.78, 5) is 0. The van der Waals surface area contributed by atoms with E-state index in [0.29, 0.717) is 11.8 Å². The molecule has 0 unspecified atom stereocenters. The first-order valence-electron chi connectivity index (χ1n) is 4.27. The molecule has 0 aromatic rings. The Morgan fingerprint density at radius 3 is 2.91 bits per heavy atom. The molecule has 2 aliphatic carbocycles. The average Bonchev–Trinajstić information content (AvgIpc) is 2.29. The van der Waals surface area contributed by atoms with Crippen LogP contribution in [0.4, 0.5) is 0 Å². The molecule has 0 aromatic carbocycles. The second-order valence-electron chi connectivity index (χ2n) is 3.52. The predicted octanol–water partition coefficient (Wildman–Crippen LogP) is 3.54. The van der Waals surface area contributed by atoms with E-state index in [1.165, 1.54) is 25.7 Å². The number of halogens is 2. The van der Waals surface area contributed by atoms with Gasteiger partial charge in [-0.3, -0.25) is 0 Å². The molecule has 62 valence electrons. The van der Waals surface area contributed by atoms with E-state index in [1.807, 2.05) is 0 Å². The van der Waals surface area contributed by atoms with Crippen LogP contribution in [0.2, 0.25) is 0 Å². The van der Waals surface area contributed by atoms with Crippen molar-refractivity contribution >= 4 is 23.2 Å². The Labute approximate surface area is 77.6 Å². The summed E-state index contributed by atoms with van der Waals surface area (Å²) >= 11 is 12.1. The first-order chi connectivity index (χ1) is 5.23. The molecule has 0 bridgehead atoms. The molecule has 11 heavy (non-hydrogen) atoms. The largest absolute Gasteiger partial charge is 0.128 e. The van der Waals surface area contributed by atoms with Crippen LogP contribution in [0, 0.1) is 11.8 Å². The van der Waals surface area contributed by atoms with Crippen LogP contribution < -0.4 is 0 Å². The molecule has 0 saturated heterocycles. The molecule has 0 radical (unpaired) electrons. The molecule has 1 fully saturated rings. The second kappa shape index (κ2) is 2.67. The maximum absolute atomic E-state index is 6.07. The van der Waals surface area contributed by atoms with E-state index < -0.39 is 4.33 Å². The first kappa shape index (κ1) is 7.94. The van der Waals surface area contributed by atoms with E-state index in [4.69, 9.17) is 23.2 Å². The van der Waals surface area contributed by atoms with Crippen molar-refractivity contribution in [3.05, 3.63) is 12.2 Å². The van der Waals surface area contributed by atoms with Crippen molar-refractivity contribution in [2.24, 2.45) is 11.8 Å². The maximum Gasteiger partial charge on any atom is 0.128 e. The van der Waals surface area contributed by atoms with Crippen molar-refractivity contribution in [1.82, 2.24) is 0 Å². The van der Waals surface area contributed by atoms with Crippen LogP contribution in [0.3, 0.4) is 0 Å². The number of hydrogen-bond donors (Lipinski definition) is 0. The van der Waals surface area contributed by atoms with Crippen LogP contribution in [0.1, 0.15) is 25.7 Å². The smallest absolute Gasteiger partial charge is 0.101 e. The molecule has 0 amide bonds. The summed E-state index contributed by atoms with van der Waals surface area (Å²) < 4.78 is -0.416.